The lowest BCUT2D eigenvalue weighted by molar-refractivity contribution is 0.245. The molecule has 0 aliphatic heterocycles. The molecule has 1 aliphatic rings. The quantitative estimate of drug-likeness (QED) is 0.433. The smallest absolute Gasteiger partial charge is 0.0699 e. The van der Waals surface area contributed by atoms with Gasteiger partial charge in [0, 0.05) is 0 Å². The fraction of sp³-hybridized carbons (Fsp3) is 1.00. The SMILES string of the molecule is [B]C1CCC(C)(C)CC1. The molecule has 0 atom stereocenters. The van der Waals surface area contributed by atoms with Crippen molar-refractivity contribution >= 4 is 7.85 Å². The summed E-state index contributed by atoms with van der Waals surface area (Å²) in [5.74, 6) is 0.498. The van der Waals surface area contributed by atoms with Gasteiger partial charge in [-0.05, 0) is 18.3 Å². The van der Waals surface area contributed by atoms with E-state index in [1.54, 1.807) is 0 Å². The molecular weight excluding hydrogens is 107 g/mol. The third-order valence-corrected chi connectivity index (χ3v) is 2.38. The van der Waals surface area contributed by atoms with Gasteiger partial charge in [-0.1, -0.05) is 32.5 Å². The van der Waals surface area contributed by atoms with Crippen LogP contribution >= 0.6 is 0 Å². The molecule has 1 aliphatic carbocycles. The highest BCUT2D eigenvalue weighted by Gasteiger charge is 2.23. The largest absolute Gasteiger partial charge is 0.0773 e. The van der Waals surface area contributed by atoms with Crippen molar-refractivity contribution in [1.29, 1.82) is 0 Å². The Morgan fingerprint density at radius 3 is 2.00 bits per heavy atom. The van der Waals surface area contributed by atoms with E-state index < -0.39 is 0 Å². The van der Waals surface area contributed by atoms with Crippen LogP contribution in [-0.2, 0) is 0 Å². The van der Waals surface area contributed by atoms with Crippen LogP contribution in [0.25, 0.3) is 0 Å². The molecule has 1 rings (SSSR count). The lowest BCUT2D eigenvalue weighted by Crippen LogP contribution is -2.18. The summed E-state index contributed by atoms with van der Waals surface area (Å²) >= 11 is 0. The molecule has 0 amide bonds. The van der Waals surface area contributed by atoms with Gasteiger partial charge in [-0.2, -0.15) is 0 Å². The standard InChI is InChI=1S/C8H15B/c1-8(2)5-3-7(9)4-6-8/h7H,3-6H2,1-2H3. The van der Waals surface area contributed by atoms with Crippen LogP contribution in [0.5, 0.6) is 0 Å². The molecule has 0 saturated heterocycles. The van der Waals surface area contributed by atoms with Gasteiger partial charge < -0.3 is 0 Å². The molecular formula is C8H15B. The van der Waals surface area contributed by atoms with Crippen molar-refractivity contribution in [3.05, 3.63) is 0 Å². The maximum atomic E-state index is 5.76. The zero-order chi connectivity index (χ0) is 6.91. The second-order valence-corrected chi connectivity index (χ2v) is 4.00. The Bertz CT molecular complexity index is 86.7. The Balaban J connectivity index is 2.35. The van der Waals surface area contributed by atoms with Gasteiger partial charge >= 0.3 is 0 Å². The molecule has 0 N–H and O–H groups in total. The molecule has 0 aromatic rings. The van der Waals surface area contributed by atoms with E-state index in [1.165, 1.54) is 25.7 Å². The summed E-state index contributed by atoms with van der Waals surface area (Å²) < 4.78 is 0. The second kappa shape index (κ2) is 2.36. The Hall–Kier alpha value is 0.0649. The lowest BCUT2D eigenvalue weighted by Gasteiger charge is -2.32. The summed E-state index contributed by atoms with van der Waals surface area (Å²) in [5.41, 5.74) is 0.579. The third-order valence-electron chi connectivity index (χ3n) is 2.38. The van der Waals surface area contributed by atoms with E-state index >= 15 is 0 Å². The Morgan fingerprint density at radius 1 is 1.22 bits per heavy atom. The minimum Gasteiger partial charge on any atom is -0.0773 e. The van der Waals surface area contributed by atoms with E-state index in [1.807, 2.05) is 0 Å². The van der Waals surface area contributed by atoms with E-state index in [4.69, 9.17) is 7.85 Å². The normalized spacial score (nSPS) is 28.2. The van der Waals surface area contributed by atoms with Crippen LogP contribution in [0, 0.1) is 5.41 Å². The average Bonchev–Trinajstić information content (AvgIpc) is 1.78. The Morgan fingerprint density at radius 2 is 1.67 bits per heavy atom. The van der Waals surface area contributed by atoms with Crippen LogP contribution in [0.2, 0.25) is 5.82 Å². The molecule has 2 radical (unpaired) electrons. The molecule has 9 heavy (non-hydrogen) atoms. The Kier molecular flexibility index (Phi) is 1.88. The maximum absolute atomic E-state index is 5.76. The van der Waals surface area contributed by atoms with Crippen LogP contribution in [0.3, 0.4) is 0 Å². The predicted molar refractivity (Wildman–Crippen MR) is 41.8 cm³/mol. The number of hydrogen-bond acceptors (Lipinski definition) is 0. The highest BCUT2D eigenvalue weighted by atomic mass is 14.3. The Labute approximate surface area is 59.4 Å². The molecule has 1 heteroatoms. The summed E-state index contributed by atoms with van der Waals surface area (Å²) in [6, 6.07) is 0. The first-order valence-electron chi connectivity index (χ1n) is 3.86. The zero-order valence-corrected chi connectivity index (χ0v) is 6.48. The fourth-order valence-corrected chi connectivity index (χ4v) is 1.42. The fourth-order valence-electron chi connectivity index (χ4n) is 1.42. The molecule has 0 aromatic heterocycles. The molecule has 0 heterocycles. The third kappa shape index (κ3) is 2.04. The molecule has 0 aromatic carbocycles. The van der Waals surface area contributed by atoms with Crippen LogP contribution < -0.4 is 0 Å². The van der Waals surface area contributed by atoms with Crippen LogP contribution in [-0.4, -0.2) is 7.85 Å². The summed E-state index contributed by atoms with van der Waals surface area (Å²) in [4.78, 5) is 0. The van der Waals surface area contributed by atoms with Crippen molar-refractivity contribution in [2.45, 2.75) is 45.3 Å². The molecule has 0 nitrogen and oxygen atoms in total. The summed E-state index contributed by atoms with van der Waals surface area (Å²) in [6.45, 7) is 4.66. The number of hydrogen-bond donors (Lipinski definition) is 0. The molecule has 50 valence electrons. The van der Waals surface area contributed by atoms with Crippen molar-refractivity contribution in [3.8, 4) is 0 Å². The van der Waals surface area contributed by atoms with Crippen molar-refractivity contribution < 1.29 is 0 Å². The van der Waals surface area contributed by atoms with Gasteiger partial charge in [0.15, 0.2) is 0 Å². The van der Waals surface area contributed by atoms with Crippen molar-refractivity contribution in [3.63, 3.8) is 0 Å². The highest BCUT2D eigenvalue weighted by molar-refractivity contribution is 6.11. The second-order valence-electron chi connectivity index (χ2n) is 4.00. The van der Waals surface area contributed by atoms with Gasteiger partial charge in [-0.3, -0.25) is 0 Å². The monoisotopic (exact) mass is 122 g/mol. The van der Waals surface area contributed by atoms with Gasteiger partial charge in [0.05, 0.1) is 7.85 Å². The maximum Gasteiger partial charge on any atom is 0.0699 e. The van der Waals surface area contributed by atoms with Gasteiger partial charge in [0.25, 0.3) is 0 Å². The van der Waals surface area contributed by atoms with E-state index in [9.17, 15) is 0 Å². The van der Waals surface area contributed by atoms with Crippen molar-refractivity contribution in [1.82, 2.24) is 0 Å². The summed E-state index contributed by atoms with van der Waals surface area (Å²) in [5, 5.41) is 0. The summed E-state index contributed by atoms with van der Waals surface area (Å²) in [6.07, 6.45) is 5.09. The first kappa shape index (κ1) is 7.18. The van der Waals surface area contributed by atoms with Crippen molar-refractivity contribution in [2.24, 2.45) is 5.41 Å². The lowest BCUT2D eigenvalue weighted by atomic mass is 9.67. The molecule has 0 bridgehead atoms. The van der Waals surface area contributed by atoms with Crippen LogP contribution in [0.4, 0.5) is 0 Å². The minimum atomic E-state index is 0.498. The van der Waals surface area contributed by atoms with Crippen LogP contribution in [0.1, 0.15) is 39.5 Å². The van der Waals surface area contributed by atoms with E-state index in [0.29, 0.717) is 11.2 Å². The minimum absolute atomic E-state index is 0.498. The van der Waals surface area contributed by atoms with Gasteiger partial charge in [-0.15, -0.1) is 0 Å². The average molecular weight is 122 g/mol. The summed E-state index contributed by atoms with van der Waals surface area (Å²) in [7, 11) is 5.76. The van der Waals surface area contributed by atoms with Crippen LogP contribution in [0.15, 0.2) is 0 Å². The van der Waals surface area contributed by atoms with Crippen molar-refractivity contribution in [2.75, 3.05) is 0 Å². The molecule has 1 fully saturated rings. The topological polar surface area (TPSA) is 0 Å². The van der Waals surface area contributed by atoms with Gasteiger partial charge in [-0.25, -0.2) is 0 Å². The molecule has 0 spiro atoms. The zero-order valence-electron chi connectivity index (χ0n) is 6.48. The van der Waals surface area contributed by atoms with Gasteiger partial charge in [0.1, 0.15) is 0 Å². The predicted octanol–water partition coefficient (Wildman–Crippen LogP) is 2.54. The number of rotatable bonds is 0. The molecule has 0 unspecified atom stereocenters. The highest BCUT2D eigenvalue weighted by Crippen LogP contribution is 2.38. The van der Waals surface area contributed by atoms with E-state index in [2.05, 4.69) is 13.8 Å². The first-order chi connectivity index (χ1) is 4.10. The van der Waals surface area contributed by atoms with E-state index in [0.717, 1.165) is 0 Å². The van der Waals surface area contributed by atoms with Gasteiger partial charge in [0.2, 0.25) is 0 Å². The first-order valence-corrected chi connectivity index (χ1v) is 3.86. The molecule has 1 saturated carbocycles. The van der Waals surface area contributed by atoms with E-state index in [-0.39, 0.29) is 0 Å².